The predicted octanol–water partition coefficient (Wildman–Crippen LogP) is 1.85. The minimum atomic E-state index is 0.139. The molecule has 0 aromatic heterocycles. The fourth-order valence-electron chi connectivity index (χ4n) is 2.33. The topological polar surface area (TPSA) is 23.6 Å². The van der Waals surface area contributed by atoms with Gasteiger partial charge in [0.2, 0.25) is 0 Å². The Balaban J connectivity index is 2.00. The molecule has 1 saturated heterocycles. The maximum Gasteiger partial charge on any atom is 0.253 e. The van der Waals surface area contributed by atoms with Crippen LogP contribution in [0.3, 0.4) is 0 Å². The van der Waals surface area contributed by atoms with Crippen molar-refractivity contribution in [2.24, 2.45) is 0 Å². The number of hydrogen-bond donors (Lipinski definition) is 0. The van der Waals surface area contributed by atoms with Crippen LogP contribution in [0.4, 0.5) is 0 Å². The molecule has 1 amide bonds. The Morgan fingerprint density at radius 2 is 1.82 bits per heavy atom. The second-order valence-electron chi connectivity index (χ2n) is 4.82. The third kappa shape index (κ3) is 2.86. The lowest BCUT2D eigenvalue weighted by Gasteiger charge is -2.35. The third-order valence-corrected chi connectivity index (χ3v) is 3.58. The molecule has 0 spiro atoms. The van der Waals surface area contributed by atoms with E-state index in [4.69, 9.17) is 0 Å². The molecule has 0 aliphatic carbocycles. The minimum absolute atomic E-state index is 0.139. The Morgan fingerprint density at radius 3 is 2.41 bits per heavy atom. The van der Waals surface area contributed by atoms with Gasteiger partial charge < -0.3 is 9.80 Å². The molecule has 0 N–H and O–H groups in total. The molecule has 3 nitrogen and oxygen atoms in total. The summed E-state index contributed by atoms with van der Waals surface area (Å²) in [4.78, 5) is 16.5. The molecule has 1 aliphatic rings. The molecular formula is C14H20N2O. The number of carbonyl (C=O) groups is 1. The molecule has 2 rings (SSSR count). The van der Waals surface area contributed by atoms with Crippen LogP contribution in [0.5, 0.6) is 0 Å². The van der Waals surface area contributed by atoms with Crippen LogP contribution in [-0.4, -0.2) is 48.9 Å². The summed E-state index contributed by atoms with van der Waals surface area (Å²) in [6.07, 6.45) is 2.15. The van der Waals surface area contributed by atoms with Crippen molar-refractivity contribution in [2.45, 2.75) is 18.9 Å². The standard InChI is InChI=1S/C14H20N2O/c1-15-10-8-13(9-11-15)16(2)14(17)12-6-4-3-5-7-12/h3-7,13H,8-11H2,1-2H3. The summed E-state index contributed by atoms with van der Waals surface area (Å²) in [5.74, 6) is 0.139. The fourth-order valence-corrected chi connectivity index (χ4v) is 2.33. The first-order valence-electron chi connectivity index (χ1n) is 6.19. The zero-order valence-corrected chi connectivity index (χ0v) is 10.6. The van der Waals surface area contributed by atoms with E-state index in [0.29, 0.717) is 6.04 Å². The van der Waals surface area contributed by atoms with E-state index in [1.807, 2.05) is 42.3 Å². The smallest absolute Gasteiger partial charge is 0.253 e. The van der Waals surface area contributed by atoms with Crippen LogP contribution in [0.1, 0.15) is 23.2 Å². The number of piperidine rings is 1. The molecular weight excluding hydrogens is 212 g/mol. The zero-order chi connectivity index (χ0) is 12.3. The van der Waals surface area contributed by atoms with Crippen LogP contribution in [0.15, 0.2) is 30.3 Å². The van der Waals surface area contributed by atoms with E-state index in [1.165, 1.54) is 0 Å². The van der Waals surface area contributed by atoms with Crippen molar-refractivity contribution in [3.8, 4) is 0 Å². The van der Waals surface area contributed by atoms with Crippen LogP contribution in [0.25, 0.3) is 0 Å². The summed E-state index contributed by atoms with van der Waals surface area (Å²) >= 11 is 0. The first-order chi connectivity index (χ1) is 8.18. The predicted molar refractivity (Wildman–Crippen MR) is 69.1 cm³/mol. The van der Waals surface area contributed by atoms with Gasteiger partial charge in [0, 0.05) is 18.7 Å². The number of carbonyl (C=O) groups excluding carboxylic acids is 1. The van der Waals surface area contributed by atoms with Crippen molar-refractivity contribution in [3.63, 3.8) is 0 Å². The molecule has 0 unspecified atom stereocenters. The minimum Gasteiger partial charge on any atom is -0.339 e. The van der Waals surface area contributed by atoms with Crippen LogP contribution in [0, 0.1) is 0 Å². The summed E-state index contributed by atoms with van der Waals surface area (Å²) in [6, 6.07) is 9.92. The Morgan fingerprint density at radius 1 is 1.24 bits per heavy atom. The van der Waals surface area contributed by atoms with Crippen molar-refractivity contribution in [1.29, 1.82) is 0 Å². The molecule has 0 saturated carbocycles. The fraction of sp³-hybridized carbons (Fsp3) is 0.500. The summed E-state index contributed by atoms with van der Waals surface area (Å²) < 4.78 is 0. The Hall–Kier alpha value is -1.35. The summed E-state index contributed by atoms with van der Waals surface area (Å²) in [6.45, 7) is 2.16. The summed E-state index contributed by atoms with van der Waals surface area (Å²) in [5, 5.41) is 0. The monoisotopic (exact) mass is 232 g/mol. The summed E-state index contributed by atoms with van der Waals surface area (Å²) in [7, 11) is 4.06. The molecule has 3 heteroatoms. The quantitative estimate of drug-likeness (QED) is 0.777. The van der Waals surface area contributed by atoms with E-state index in [0.717, 1.165) is 31.5 Å². The van der Waals surface area contributed by atoms with Gasteiger partial charge in [-0.3, -0.25) is 4.79 Å². The van der Waals surface area contributed by atoms with Crippen LogP contribution >= 0.6 is 0 Å². The zero-order valence-electron chi connectivity index (χ0n) is 10.6. The maximum atomic E-state index is 12.2. The van der Waals surface area contributed by atoms with Gasteiger partial charge >= 0.3 is 0 Å². The van der Waals surface area contributed by atoms with E-state index in [-0.39, 0.29) is 5.91 Å². The second-order valence-corrected chi connectivity index (χ2v) is 4.82. The number of nitrogens with zero attached hydrogens (tertiary/aromatic N) is 2. The highest BCUT2D eigenvalue weighted by Gasteiger charge is 2.24. The van der Waals surface area contributed by atoms with Crippen molar-refractivity contribution < 1.29 is 4.79 Å². The van der Waals surface area contributed by atoms with E-state index in [1.54, 1.807) is 0 Å². The van der Waals surface area contributed by atoms with Crippen LogP contribution in [-0.2, 0) is 0 Å². The number of amides is 1. The molecule has 17 heavy (non-hydrogen) atoms. The van der Waals surface area contributed by atoms with E-state index >= 15 is 0 Å². The average molecular weight is 232 g/mol. The van der Waals surface area contributed by atoms with Gasteiger partial charge in [-0.2, -0.15) is 0 Å². The third-order valence-electron chi connectivity index (χ3n) is 3.58. The first kappa shape index (κ1) is 12.1. The van der Waals surface area contributed by atoms with Crippen molar-refractivity contribution in [1.82, 2.24) is 9.80 Å². The van der Waals surface area contributed by atoms with Gasteiger partial charge in [-0.15, -0.1) is 0 Å². The normalized spacial score (nSPS) is 18.0. The molecule has 1 heterocycles. The number of rotatable bonds is 2. The Labute approximate surface area is 103 Å². The molecule has 1 fully saturated rings. The molecule has 0 bridgehead atoms. The molecule has 1 aliphatic heterocycles. The number of hydrogen-bond acceptors (Lipinski definition) is 2. The highest BCUT2D eigenvalue weighted by molar-refractivity contribution is 5.94. The molecule has 1 aromatic rings. The van der Waals surface area contributed by atoms with Crippen molar-refractivity contribution in [3.05, 3.63) is 35.9 Å². The van der Waals surface area contributed by atoms with Gasteiger partial charge in [0.15, 0.2) is 0 Å². The lowest BCUT2D eigenvalue weighted by atomic mass is 10.0. The Kier molecular flexibility index (Phi) is 3.79. The number of likely N-dealkylation sites (tertiary alicyclic amines) is 1. The van der Waals surface area contributed by atoms with E-state index in [2.05, 4.69) is 11.9 Å². The molecule has 0 radical (unpaired) electrons. The lowest BCUT2D eigenvalue weighted by Crippen LogP contribution is -2.44. The SMILES string of the molecule is CN1CCC(N(C)C(=O)c2ccccc2)CC1. The molecule has 0 atom stereocenters. The van der Waals surface area contributed by atoms with E-state index in [9.17, 15) is 4.79 Å². The highest BCUT2D eigenvalue weighted by atomic mass is 16.2. The van der Waals surface area contributed by atoms with Crippen molar-refractivity contribution >= 4 is 5.91 Å². The number of benzene rings is 1. The molecule has 1 aromatic carbocycles. The maximum absolute atomic E-state index is 12.2. The van der Waals surface area contributed by atoms with Crippen LogP contribution in [0.2, 0.25) is 0 Å². The van der Waals surface area contributed by atoms with Gasteiger partial charge in [0.05, 0.1) is 0 Å². The van der Waals surface area contributed by atoms with Gasteiger partial charge in [0.1, 0.15) is 0 Å². The van der Waals surface area contributed by atoms with Gasteiger partial charge in [-0.1, -0.05) is 18.2 Å². The lowest BCUT2D eigenvalue weighted by molar-refractivity contribution is 0.0659. The first-order valence-corrected chi connectivity index (χ1v) is 6.19. The summed E-state index contributed by atoms with van der Waals surface area (Å²) in [5.41, 5.74) is 0.786. The second kappa shape index (κ2) is 5.32. The van der Waals surface area contributed by atoms with Crippen molar-refractivity contribution in [2.75, 3.05) is 27.2 Å². The average Bonchev–Trinajstić information content (AvgIpc) is 2.39. The van der Waals surface area contributed by atoms with E-state index < -0.39 is 0 Å². The largest absolute Gasteiger partial charge is 0.339 e. The van der Waals surface area contributed by atoms with Crippen LogP contribution < -0.4 is 0 Å². The van der Waals surface area contributed by atoms with Gasteiger partial charge in [0.25, 0.3) is 5.91 Å². The van der Waals surface area contributed by atoms with Gasteiger partial charge in [-0.25, -0.2) is 0 Å². The van der Waals surface area contributed by atoms with Gasteiger partial charge in [-0.05, 0) is 45.1 Å². The Bertz CT molecular complexity index is 369. The highest BCUT2D eigenvalue weighted by Crippen LogP contribution is 2.16. The molecule has 92 valence electrons.